The minimum atomic E-state index is -0.631. The molecule has 1 aromatic rings. The maximum Gasteiger partial charge on any atom is 0.255 e. The van der Waals surface area contributed by atoms with E-state index in [1.54, 1.807) is 0 Å². The third-order valence-corrected chi connectivity index (χ3v) is 4.21. The lowest BCUT2D eigenvalue weighted by molar-refractivity contribution is -0.119. The second-order valence-electron chi connectivity index (χ2n) is 5.71. The quantitative estimate of drug-likeness (QED) is 0.708. The van der Waals surface area contributed by atoms with Gasteiger partial charge in [0.2, 0.25) is 0 Å². The summed E-state index contributed by atoms with van der Waals surface area (Å²) in [5.74, 6) is -0.420. The molecule has 1 fully saturated rings. The Bertz CT molecular complexity index is 624. The van der Waals surface area contributed by atoms with Crippen LogP contribution in [0.1, 0.15) is 30.1 Å². The number of benzene rings is 1. The largest absolute Gasteiger partial charge is 0.493 e. The molecule has 0 spiro atoms. The number of carbonyl (C=O) groups excluding carboxylic acids is 2. The smallest absolute Gasteiger partial charge is 0.255 e. The highest BCUT2D eigenvalue weighted by Crippen LogP contribution is 2.36. The van der Waals surface area contributed by atoms with Crippen LogP contribution >= 0.6 is 11.6 Å². The van der Waals surface area contributed by atoms with E-state index in [9.17, 15) is 9.59 Å². The Morgan fingerprint density at radius 1 is 1.46 bits per heavy atom. The number of carbonyl (C=O) groups is 2. The van der Waals surface area contributed by atoms with Gasteiger partial charge in [-0.05, 0) is 38.4 Å². The number of piperidine rings is 1. The number of primary amides is 1. The fourth-order valence-corrected chi connectivity index (χ4v) is 2.89. The molecular weight excluding hydrogens is 334 g/mol. The standard InChI is InChI=1S/C16H22ClN3O4/c1-9-12(4-3-5-19-9)20-16(22)10-6-11(17)15(13(7-10)23-2)24-8-14(18)21/h6-7,9,12,19H,3-5,8H2,1-2H3,(H2,18,21)(H,20,22). The van der Waals surface area contributed by atoms with Crippen molar-refractivity contribution in [2.24, 2.45) is 5.73 Å². The molecular formula is C16H22ClN3O4. The van der Waals surface area contributed by atoms with Crippen molar-refractivity contribution in [2.45, 2.75) is 31.8 Å². The van der Waals surface area contributed by atoms with Crippen LogP contribution in [0.25, 0.3) is 0 Å². The normalized spacial score (nSPS) is 20.3. The van der Waals surface area contributed by atoms with Crippen molar-refractivity contribution in [3.8, 4) is 11.5 Å². The zero-order valence-electron chi connectivity index (χ0n) is 13.7. The van der Waals surface area contributed by atoms with Crippen LogP contribution in [-0.4, -0.2) is 44.2 Å². The SMILES string of the molecule is COc1cc(C(=O)NC2CCCNC2C)cc(Cl)c1OCC(N)=O. The summed E-state index contributed by atoms with van der Waals surface area (Å²) in [5.41, 5.74) is 5.42. The van der Waals surface area contributed by atoms with Gasteiger partial charge >= 0.3 is 0 Å². The van der Waals surface area contributed by atoms with Gasteiger partial charge in [0.15, 0.2) is 18.1 Å². The van der Waals surface area contributed by atoms with Gasteiger partial charge in [-0.25, -0.2) is 0 Å². The molecule has 2 unspecified atom stereocenters. The van der Waals surface area contributed by atoms with Crippen LogP contribution in [0.4, 0.5) is 0 Å². The Morgan fingerprint density at radius 3 is 2.83 bits per heavy atom. The summed E-state index contributed by atoms with van der Waals surface area (Å²) in [7, 11) is 1.43. The van der Waals surface area contributed by atoms with Gasteiger partial charge < -0.3 is 25.8 Å². The summed E-state index contributed by atoms with van der Waals surface area (Å²) in [6, 6.07) is 3.27. The predicted octanol–water partition coefficient (Wildman–Crippen LogP) is 1.08. The van der Waals surface area contributed by atoms with Crippen molar-refractivity contribution >= 4 is 23.4 Å². The minimum absolute atomic E-state index is 0.0572. The number of amides is 2. The first kappa shape index (κ1) is 18.4. The lowest BCUT2D eigenvalue weighted by Crippen LogP contribution is -2.51. The number of hydrogen-bond donors (Lipinski definition) is 3. The molecule has 0 bridgehead atoms. The molecule has 2 rings (SSSR count). The van der Waals surface area contributed by atoms with E-state index in [1.807, 2.05) is 6.92 Å². The number of ether oxygens (including phenoxy) is 2. The van der Waals surface area contributed by atoms with Crippen molar-refractivity contribution in [3.05, 3.63) is 22.7 Å². The second-order valence-corrected chi connectivity index (χ2v) is 6.12. The van der Waals surface area contributed by atoms with Crippen LogP contribution in [0.2, 0.25) is 5.02 Å². The molecule has 2 amide bonds. The highest BCUT2D eigenvalue weighted by Gasteiger charge is 2.24. The summed E-state index contributed by atoms with van der Waals surface area (Å²) >= 11 is 6.16. The van der Waals surface area contributed by atoms with Crippen molar-refractivity contribution < 1.29 is 19.1 Å². The first-order valence-electron chi connectivity index (χ1n) is 7.75. The maximum absolute atomic E-state index is 12.5. The minimum Gasteiger partial charge on any atom is -0.493 e. The number of hydrogen-bond acceptors (Lipinski definition) is 5. The van der Waals surface area contributed by atoms with Crippen molar-refractivity contribution in [1.29, 1.82) is 0 Å². The van der Waals surface area contributed by atoms with Crippen LogP contribution < -0.4 is 25.8 Å². The van der Waals surface area contributed by atoms with E-state index in [0.717, 1.165) is 19.4 Å². The number of nitrogens with two attached hydrogens (primary N) is 1. The van der Waals surface area contributed by atoms with E-state index >= 15 is 0 Å². The highest BCUT2D eigenvalue weighted by atomic mass is 35.5. The monoisotopic (exact) mass is 355 g/mol. The topological polar surface area (TPSA) is 103 Å². The molecule has 0 aliphatic carbocycles. The van der Waals surface area contributed by atoms with Gasteiger partial charge in [-0.2, -0.15) is 0 Å². The number of methoxy groups -OCH3 is 1. The Labute approximate surface area is 145 Å². The molecule has 1 heterocycles. The molecule has 24 heavy (non-hydrogen) atoms. The molecule has 2 atom stereocenters. The fraction of sp³-hybridized carbons (Fsp3) is 0.500. The summed E-state index contributed by atoms with van der Waals surface area (Å²) in [5, 5.41) is 6.51. The van der Waals surface area contributed by atoms with Gasteiger partial charge in [-0.3, -0.25) is 9.59 Å². The molecule has 132 valence electrons. The third-order valence-electron chi connectivity index (χ3n) is 3.93. The van der Waals surface area contributed by atoms with E-state index < -0.39 is 5.91 Å². The third kappa shape index (κ3) is 4.52. The molecule has 1 aliphatic rings. The Kier molecular flexibility index (Phi) is 6.28. The zero-order valence-corrected chi connectivity index (χ0v) is 14.5. The van der Waals surface area contributed by atoms with Gasteiger partial charge in [0, 0.05) is 17.6 Å². The Balaban J connectivity index is 2.16. The van der Waals surface area contributed by atoms with Gasteiger partial charge in [-0.1, -0.05) is 11.6 Å². The molecule has 1 aromatic carbocycles. The van der Waals surface area contributed by atoms with E-state index in [4.69, 9.17) is 26.8 Å². The van der Waals surface area contributed by atoms with Crippen molar-refractivity contribution in [2.75, 3.05) is 20.3 Å². The van der Waals surface area contributed by atoms with Crippen LogP contribution in [0.15, 0.2) is 12.1 Å². The van der Waals surface area contributed by atoms with Crippen LogP contribution in [0, 0.1) is 0 Å². The maximum atomic E-state index is 12.5. The predicted molar refractivity (Wildman–Crippen MR) is 90.6 cm³/mol. The molecule has 1 saturated heterocycles. The highest BCUT2D eigenvalue weighted by molar-refractivity contribution is 6.32. The number of halogens is 1. The lowest BCUT2D eigenvalue weighted by Gasteiger charge is -2.30. The summed E-state index contributed by atoms with van der Waals surface area (Å²) in [6.45, 7) is 2.67. The fourth-order valence-electron chi connectivity index (χ4n) is 2.63. The van der Waals surface area contributed by atoms with Crippen molar-refractivity contribution in [1.82, 2.24) is 10.6 Å². The lowest BCUT2D eigenvalue weighted by atomic mass is 9.99. The average Bonchev–Trinajstić information content (AvgIpc) is 2.54. The summed E-state index contributed by atoms with van der Waals surface area (Å²) in [6.07, 6.45) is 1.93. The van der Waals surface area contributed by atoms with Gasteiger partial charge in [-0.15, -0.1) is 0 Å². The first-order valence-corrected chi connectivity index (χ1v) is 8.13. The molecule has 0 saturated carbocycles. The van der Waals surface area contributed by atoms with E-state index in [-0.39, 0.29) is 41.1 Å². The Morgan fingerprint density at radius 2 is 2.21 bits per heavy atom. The van der Waals surface area contributed by atoms with Gasteiger partial charge in [0.25, 0.3) is 11.8 Å². The first-order chi connectivity index (χ1) is 11.4. The van der Waals surface area contributed by atoms with Gasteiger partial charge in [0.1, 0.15) is 0 Å². The van der Waals surface area contributed by atoms with E-state index in [1.165, 1.54) is 19.2 Å². The van der Waals surface area contributed by atoms with Crippen molar-refractivity contribution in [3.63, 3.8) is 0 Å². The van der Waals surface area contributed by atoms with Crippen LogP contribution in [0.5, 0.6) is 11.5 Å². The number of rotatable bonds is 6. The zero-order chi connectivity index (χ0) is 17.7. The molecule has 0 aromatic heterocycles. The summed E-state index contributed by atoms with van der Waals surface area (Å²) < 4.78 is 10.5. The molecule has 1 aliphatic heterocycles. The summed E-state index contributed by atoms with van der Waals surface area (Å²) in [4.78, 5) is 23.3. The molecule has 0 radical (unpaired) electrons. The van der Waals surface area contributed by atoms with Gasteiger partial charge in [0.05, 0.1) is 12.1 Å². The number of nitrogens with one attached hydrogen (secondary N) is 2. The van der Waals surface area contributed by atoms with Crippen LogP contribution in [0.3, 0.4) is 0 Å². The molecule has 8 heteroatoms. The van der Waals surface area contributed by atoms with E-state index in [2.05, 4.69) is 10.6 Å². The second kappa shape index (κ2) is 8.21. The Hall–Kier alpha value is -1.99. The van der Waals surface area contributed by atoms with E-state index in [0.29, 0.717) is 5.56 Å². The molecule has 4 N–H and O–H groups in total. The van der Waals surface area contributed by atoms with Crippen LogP contribution in [-0.2, 0) is 4.79 Å². The average molecular weight is 356 g/mol. The molecule has 7 nitrogen and oxygen atoms in total.